The van der Waals surface area contributed by atoms with Gasteiger partial charge in [-0.05, 0) is 44.0 Å². The molecule has 132 valence electrons. The second-order valence-corrected chi connectivity index (χ2v) is 8.10. The summed E-state index contributed by atoms with van der Waals surface area (Å²) in [5.74, 6) is -0.816. The van der Waals surface area contributed by atoms with Gasteiger partial charge >= 0.3 is 5.97 Å². The van der Waals surface area contributed by atoms with Crippen LogP contribution in [-0.4, -0.2) is 50.6 Å². The van der Waals surface area contributed by atoms with E-state index < -0.39 is 21.9 Å². The van der Waals surface area contributed by atoms with Crippen LogP contribution >= 0.6 is 0 Å². The van der Waals surface area contributed by atoms with Crippen LogP contribution in [0.5, 0.6) is 0 Å². The molecule has 6 nitrogen and oxygen atoms in total. The van der Waals surface area contributed by atoms with Gasteiger partial charge < -0.3 is 9.64 Å². The number of carbonyl (C=O) groups excluding carboxylic acids is 2. The normalized spacial score (nSPS) is 17.0. The molecular formula is C17H23NO5S. The van der Waals surface area contributed by atoms with Gasteiger partial charge in [0.15, 0.2) is 15.9 Å². The molecule has 1 aliphatic heterocycles. The quantitative estimate of drug-likeness (QED) is 0.774. The molecule has 7 heteroatoms. The average Bonchev–Trinajstić information content (AvgIpc) is 2.82. The van der Waals surface area contributed by atoms with Crippen LogP contribution in [0.3, 0.4) is 0 Å². The first-order chi connectivity index (χ1) is 11.3. The molecule has 0 aliphatic carbocycles. The highest BCUT2D eigenvalue weighted by atomic mass is 32.2. The summed E-state index contributed by atoms with van der Waals surface area (Å²) in [7, 11) is -3.31. The summed E-state index contributed by atoms with van der Waals surface area (Å²) >= 11 is 0. The number of sulfone groups is 1. The van der Waals surface area contributed by atoms with Crippen molar-refractivity contribution in [2.75, 3.05) is 19.3 Å². The van der Waals surface area contributed by atoms with Crippen molar-refractivity contribution in [2.24, 2.45) is 0 Å². The number of nitrogens with zero attached hydrogens (tertiary/aromatic N) is 1. The van der Waals surface area contributed by atoms with E-state index in [1.807, 2.05) is 0 Å². The van der Waals surface area contributed by atoms with Crippen LogP contribution in [0.2, 0.25) is 0 Å². The Morgan fingerprint density at radius 2 is 1.58 bits per heavy atom. The molecule has 0 spiro atoms. The molecule has 1 atom stereocenters. The van der Waals surface area contributed by atoms with Crippen LogP contribution in [0.25, 0.3) is 0 Å². The zero-order chi connectivity index (χ0) is 17.7. The first-order valence-electron chi connectivity index (χ1n) is 8.09. The molecule has 0 saturated carbocycles. The van der Waals surface area contributed by atoms with Crippen molar-refractivity contribution in [3.63, 3.8) is 0 Å². The minimum atomic E-state index is -3.31. The van der Waals surface area contributed by atoms with Crippen molar-refractivity contribution in [2.45, 2.75) is 43.6 Å². The molecule has 0 bridgehead atoms. The molecule has 1 heterocycles. The van der Waals surface area contributed by atoms with E-state index in [2.05, 4.69) is 0 Å². The Morgan fingerprint density at radius 3 is 2.08 bits per heavy atom. The van der Waals surface area contributed by atoms with Gasteiger partial charge in [-0.1, -0.05) is 12.8 Å². The maximum Gasteiger partial charge on any atom is 0.338 e. The molecule has 1 amide bonds. The third-order valence-electron chi connectivity index (χ3n) is 4.07. The zero-order valence-electron chi connectivity index (χ0n) is 14.0. The van der Waals surface area contributed by atoms with Gasteiger partial charge in [0.2, 0.25) is 0 Å². The maximum atomic E-state index is 12.4. The minimum absolute atomic E-state index is 0.132. The molecule has 1 aromatic rings. The monoisotopic (exact) mass is 353 g/mol. The molecule has 24 heavy (non-hydrogen) atoms. The van der Waals surface area contributed by atoms with Crippen LogP contribution in [0.1, 0.15) is 43.0 Å². The predicted molar refractivity (Wildman–Crippen MR) is 89.5 cm³/mol. The fraction of sp³-hybridized carbons (Fsp3) is 0.529. The number of likely N-dealkylation sites (tertiary alicyclic amines) is 1. The number of benzene rings is 1. The number of rotatable bonds is 4. The Bertz CT molecular complexity index is 688. The van der Waals surface area contributed by atoms with Gasteiger partial charge in [-0.15, -0.1) is 0 Å². The molecular weight excluding hydrogens is 330 g/mol. The van der Waals surface area contributed by atoms with Crippen molar-refractivity contribution in [3.05, 3.63) is 29.8 Å². The highest BCUT2D eigenvalue weighted by Crippen LogP contribution is 2.14. The van der Waals surface area contributed by atoms with Crippen LogP contribution in [-0.2, 0) is 19.4 Å². The highest BCUT2D eigenvalue weighted by molar-refractivity contribution is 7.90. The molecule has 0 radical (unpaired) electrons. The average molecular weight is 353 g/mol. The summed E-state index contributed by atoms with van der Waals surface area (Å²) in [6.45, 7) is 2.96. The molecule has 1 unspecified atom stereocenters. The van der Waals surface area contributed by atoms with Gasteiger partial charge in [0, 0.05) is 19.3 Å². The Labute approximate surface area is 142 Å². The number of ether oxygens (including phenoxy) is 1. The Balaban J connectivity index is 1.99. The largest absolute Gasteiger partial charge is 0.449 e. The van der Waals surface area contributed by atoms with Crippen molar-refractivity contribution in [1.82, 2.24) is 4.90 Å². The van der Waals surface area contributed by atoms with E-state index >= 15 is 0 Å². The summed E-state index contributed by atoms with van der Waals surface area (Å²) in [6, 6.07) is 5.49. The van der Waals surface area contributed by atoms with Crippen molar-refractivity contribution in [1.29, 1.82) is 0 Å². The molecule has 1 fully saturated rings. The smallest absolute Gasteiger partial charge is 0.338 e. The SMILES string of the molecule is CC(OC(=O)c1ccc(S(C)(=O)=O)cc1)C(=O)N1CCCCCC1. The van der Waals surface area contributed by atoms with Gasteiger partial charge in [0.1, 0.15) is 0 Å². The summed E-state index contributed by atoms with van der Waals surface area (Å²) in [6.07, 6.45) is 4.42. The van der Waals surface area contributed by atoms with E-state index in [0.717, 1.165) is 31.9 Å². The maximum absolute atomic E-state index is 12.4. The van der Waals surface area contributed by atoms with Crippen LogP contribution in [0.15, 0.2) is 29.2 Å². The first kappa shape index (κ1) is 18.4. The summed E-state index contributed by atoms with van der Waals surface area (Å²) in [4.78, 5) is 26.4. The van der Waals surface area contributed by atoms with Crippen LogP contribution < -0.4 is 0 Å². The number of amides is 1. The van der Waals surface area contributed by atoms with Gasteiger partial charge in [-0.3, -0.25) is 4.79 Å². The third-order valence-corrected chi connectivity index (χ3v) is 5.20. The summed E-state index contributed by atoms with van der Waals surface area (Å²) in [5, 5.41) is 0. The Hall–Kier alpha value is -1.89. The Kier molecular flexibility index (Phi) is 5.99. The molecule has 1 aromatic carbocycles. The van der Waals surface area contributed by atoms with E-state index in [1.54, 1.807) is 11.8 Å². The number of esters is 1. The molecule has 0 aromatic heterocycles. The fourth-order valence-electron chi connectivity index (χ4n) is 2.67. The van der Waals surface area contributed by atoms with Gasteiger partial charge in [-0.25, -0.2) is 13.2 Å². The lowest BCUT2D eigenvalue weighted by molar-refractivity contribution is -0.139. The van der Waals surface area contributed by atoms with E-state index in [4.69, 9.17) is 4.74 Å². The summed E-state index contributed by atoms with van der Waals surface area (Å²) in [5.41, 5.74) is 0.220. The predicted octanol–water partition coefficient (Wildman–Crippen LogP) is 2.04. The third kappa shape index (κ3) is 4.80. The standard InChI is InChI=1S/C17H23NO5S/c1-13(16(19)18-11-5-3-4-6-12-18)23-17(20)14-7-9-15(10-8-14)24(2,21)22/h7-10,13H,3-6,11-12H2,1-2H3. The van der Waals surface area contributed by atoms with E-state index in [9.17, 15) is 18.0 Å². The lowest BCUT2D eigenvalue weighted by Crippen LogP contribution is -2.40. The van der Waals surface area contributed by atoms with Crippen molar-refractivity contribution >= 4 is 21.7 Å². The number of hydrogen-bond donors (Lipinski definition) is 0. The van der Waals surface area contributed by atoms with E-state index in [0.29, 0.717) is 13.1 Å². The molecule has 1 aliphatic rings. The second-order valence-electron chi connectivity index (χ2n) is 6.08. The van der Waals surface area contributed by atoms with E-state index in [1.165, 1.54) is 24.3 Å². The first-order valence-corrected chi connectivity index (χ1v) is 9.98. The van der Waals surface area contributed by atoms with Crippen molar-refractivity contribution < 1.29 is 22.7 Å². The van der Waals surface area contributed by atoms with E-state index in [-0.39, 0.29) is 16.4 Å². The topological polar surface area (TPSA) is 80.8 Å². The zero-order valence-corrected chi connectivity index (χ0v) is 14.8. The summed E-state index contributed by atoms with van der Waals surface area (Å²) < 4.78 is 28.1. The van der Waals surface area contributed by atoms with Crippen LogP contribution in [0.4, 0.5) is 0 Å². The van der Waals surface area contributed by atoms with Gasteiger partial charge in [0.25, 0.3) is 5.91 Å². The lowest BCUT2D eigenvalue weighted by Gasteiger charge is -2.24. The highest BCUT2D eigenvalue weighted by Gasteiger charge is 2.25. The van der Waals surface area contributed by atoms with Gasteiger partial charge in [0.05, 0.1) is 10.5 Å². The number of carbonyl (C=O) groups is 2. The lowest BCUT2D eigenvalue weighted by atomic mass is 10.2. The second kappa shape index (κ2) is 7.79. The van der Waals surface area contributed by atoms with Gasteiger partial charge in [-0.2, -0.15) is 0 Å². The number of hydrogen-bond acceptors (Lipinski definition) is 5. The van der Waals surface area contributed by atoms with Crippen molar-refractivity contribution in [3.8, 4) is 0 Å². The van der Waals surface area contributed by atoms with Crippen LogP contribution in [0, 0.1) is 0 Å². The molecule has 0 N–H and O–H groups in total. The molecule has 1 saturated heterocycles. The fourth-order valence-corrected chi connectivity index (χ4v) is 3.30. The minimum Gasteiger partial charge on any atom is -0.449 e. The molecule has 2 rings (SSSR count). The Morgan fingerprint density at radius 1 is 1.04 bits per heavy atom.